The maximum atomic E-state index is 13.1. The lowest BCUT2D eigenvalue weighted by Gasteiger charge is -2.09. The molecule has 0 aliphatic rings. The van der Waals surface area contributed by atoms with E-state index >= 15 is 0 Å². The molecule has 0 spiro atoms. The van der Waals surface area contributed by atoms with Crippen molar-refractivity contribution in [2.75, 3.05) is 6.54 Å². The molecular weight excluding hydrogens is 326 g/mol. The Morgan fingerprint density at radius 2 is 2.05 bits per heavy atom. The fraction of sp³-hybridized carbons (Fsp3) is 0.364. The van der Waals surface area contributed by atoms with Gasteiger partial charge in [0, 0.05) is 11.4 Å². The van der Waals surface area contributed by atoms with E-state index in [-0.39, 0.29) is 11.4 Å². The first-order chi connectivity index (χ1) is 8.86. The number of amides is 1. The summed E-state index contributed by atoms with van der Waals surface area (Å²) in [6.07, 6.45) is 0.736. The van der Waals surface area contributed by atoms with E-state index < -0.39 is 33.7 Å². The van der Waals surface area contributed by atoms with Gasteiger partial charge in [-0.25, -0.2) is 8.78 Å². The zero-order valence-electron chi connectivity index (χ0n) is 9.95. The molecule has 1 amide bonds. The van der Waals surface area contributed by atoms with Gasteiger partial charge in [0.15, 0.2) is 11.6 Å². The first kappa shape index (κ1) is 15.5. The minimum Gasteiger partial charge on any atom is -0.351 e. The predicted octanol–water partition coefficient (Wildman–Crippen LogP) is 2.78. The second-order valence-corrected chi connectivity index (χ2v) is 5.05. The van der Waals surface area contributed by atoms with E-state index in [9.17, 15) is 23.7 Å². The summed E-state index contributed by atoms with van der Waals surface area (Å²) in [5.74, 6) is -3.49. The van der Waals surface area contributed by atoms with Crippen molar-refractivity contribution in [3.63, 3.8) is 0 Å². The molecule has 0 aliphatic heterocycles. The first-order valence-corrected chi connectivity index (χ1v) is 6.34. The fourth-order valence-corrected chi connectivity index (χ4v) is 1.47. The highest BCUT2D eigenvalue weighted by Crippen LogP contribution is 2.22. The van der Waals surface area contributed by atoms with E-state index in [4.69, 9.17) is 0 Å². The van der Waals surface area contributed by atoms with Gasteiger partial charge >= 0.3 is 0 Å². The van der Waals surface area contributed by atoms with Crippen LogP contribution in [0.4, 0.5) is 14.5 Å². The number of hydrogen-bond acceptors (Lipinski definition) is 3. The molecule has 0 heterocycles. The van der Waals surface area contributed by atoms with Crippen molar-refractivity contribution >= 4 is 27.5 Å². The largest absolute Gasteiger partial charge is 0.351 e. The summed E-state index contributed by atoms with van der Waals surface area (Å²) in [6, 6.07) is 0.924. The van der Waals surface area contributed by atoms with Crippen molar-refractivity contribution in [2.45, 2.75) is 18.2 Å². The zero-order valence-corrected chi connectivity index (χ0v) is 11.5. The van der Waals surface area contributed by atoms with Gasteiger partial charge in [-0.3, -0.25) is 14.9 Å². The lowest BCUT2D eigenvalue weighted by atomic mass is 10.1. The summed E-state index contributed by atoms with van der Waals surface area (Å²) >= 11 is 3.27. The SMILES string of the molecule is CCC(Br)CNC(=O)c1cc(F)c(F)cc1[N+](=O)[O-]. The van der Waals surface area contributed by atoms with Crippen molar-refractivity contribution in [3.05, 3.63) is 39.4 Å². The third-order valence-corrected chi connectivity index (χ3v) is 3.38. The number of rotatable bonds is 5. The Morgan fingerprint density at radius 3 is 2.58 bits per heavy atom. The number of nitrogens with one attached hydrogen (secondary N) is 1. The number of hydrogen-bond donors (Lipinski definition) is 1. The van der Waals surface area contributed by atoms with Crippen LogP contribution in [-0.4, -0.2) is 22.2 Å². The molecule has 5 nitrogen and oxygen atoms in total. The van der Waals surface area contributed by atoms with Crippen LogP contribution in [0, 0.1) is 21.7 Å². The standard InChI is InChI=1S/C11H11BrF2N2O3/c1-2-6(12)5-15-11(17)7-3-8(13)9(14)4-10(7)16(18)19/h3-4,6H,2,5H2,1H3,(H,15,17). The van der Waals surface area contributed by atoms with Crippen LogP contribution >= 0.6 is 15.9 Å². The number of nitrogens with zero attached hydrogens (tertiary/aromatic N) is 1. The zero-order chi connectivity index (χ0) is 14.6. The van der Waals surface area contributed by atoms with E-state index in [2.05, 4.69) is 21.2 Å². The molecule has 19 heavy (non-hydrogen) atoms. The first-order valence-electron chi connectivity index (χ1n) is 5.42. The molecule has 0 aromatic heterocycles. The molecule has 0 bridgehead atoms. The van der Waals surface area contributed by atoms with Crippen LogP contribution in [0.15, 0.2) is 12.1 Å². The molecule has 1 N–H and O–H groups in total. The van der Waals surface area contributed by atoms with Crippen LogP contribution in [0.3, 0.4) is 0 Å². The van der Waals surface area contributed by atoms with Crippen LogP contribution < -0.4 is 5.32 Å². The molecule has 1 aromatic carbocycles. The molecule has 1 rings (SSSR count). The van der Waals surface area contributed by atoms with Gasteiger partial charge in [-0.15, -0.1) is 0 Å². The Balaban J connectivity index is 3.01. The predicted molar refractivity (Wildman–Crippen MR) is 68.4 cm³/mol. The molecule has 1 aromatic rings. The number of carbonyl (C=O) groups excluding carboxylic acids is 1. The average molecular weight is 337 g/mol. The fourth-order valence-electron chi connectivity index (χ4n) is 1.31. The van der Waals surface area contributed by atoms with Gasteiger partial charge in [-0.2, -0.15) is 0 Å². The number of halogens is 3. The minimum atomic E-state index is -1.37. The quantitative estimate of drug-likeness (QED) is 0.510. The summed E-state index contributed by atoms with van der Waals surface area (Å²) in [6.45, 7) is 2.11. The van der Waals surface area contributed by atoms with E-state index in [1.165, 1.54) is 0 Å². The summed E-state index contributed by atoms with van der Waals surface area (Å²) in [5, 5.41) is 13.1. The van der Waals surface area contributed by atoms with Gasteiger partial charge in [-0.05, 0) is 12.5 Å². The van der Waals surface area contributed by atoms with E-state index in [1.54, 1.807) is 0 Å². The maximum absolute atomic E-state index is 13.1. The lowest BCUT2D eigenvalue weighted by Crippen LogP contribution is -2.30. The van der Waals surface area contributed by atoms with E-state index in [1.807, 2.05) is 6.92 Å². The lowest BCUT2D eigenvalue weighted by molar-refractivity contribution is -0.385. The molecule has 8 heteroatoms. The molecule has 104 valence electrons. The summed E-state index contributed by atoms with van der Waals surface area (Å²) in [4.78, 5) is 21.5. The van der Waals surface area contributed by atoms with E-state index in [0.717, 1.165) is 6.42 Å². The van der Waals surface area contributed by atoms with Crippen LogP contribution in [0.2, 0.25) is 0 Å². The van der Waals surface area contributed by atoms with Crippen molar-refractivity contribution in [1.82, 2.24) is 5.32 Å². The van der Waals surface area contributed by atoms with Crippen molar-refractivity contribution in [3.8, 4) is 0 Å². The van der Waals surface area contributed by atoms with Crippen LogP contribution in [0.25, 0.3) is 0 Å². The summed E-state index contributed by atoms with van der Waals surface area (Å²) < 4.78 is 26.0. The number of benzene rings is 1. The molecule has 1 unspecified atom stereocenters. The van der Waals surface area contributed by atoms with Gasteiger partial charge in [0.1, 0.15) is 5.56 Å². The van der Waals surface area contributed by atoms with Gasteiger partial charge in [0.05, 0.1) is 11.0 Å². The van der Waals surface area contributed by atoms with Crippen LogP contribution in [-0.2, 0) is 0 Å². The number of nitro benzene ring substituents is 1. The van der Waals surface area contributed by atoms with Gasteiger partial charge in [-0.1, -0.05) is 22.9 Å². The van der Waals surface area contributed by atoms with Crippen molar-refractivity contribution in [2.24, 2.45) is 0 Å². The maximum Gasteiger partial charge on any atom is 0.285 e. The second-order valence-electron chi connectivity index (χ2n) is 3.76. The molecule has 0 aliphatic carbocycles. The third kappa shape index (κ3) is 3.95. The Morgan fingerprint density at radius 1 is 1.47 bits per heavy atom. The molecule has 0 saturated carbocycles. The van der Waals surface area contributed by atoms with Crippen molar-refractivity contribution < 1.29 is 18.5 Å². The highest BCUT2D eigenvalue weighted by Gasteiger charge is 2.23. The van der Waals surface area contributed by atoms with Crippen molar-refractivity contribution in [1.29, 1.82) is 0 Å². The monoisotopic (exact) mass is 336 g/mol. The van der Waals surface area contributed by atoms with Gasteiger partial charge < -0.3 is 5.32 Å². The summed E-state index contributed by atoms with van der Waals surface area (Å²) in [7, 11) is 0. The summed E-state index contributed by atoms with van der Waals surface area (Å²) in [5.41, 5.74) is -1.27. The molecule has 1 atom stereocenters. The molecule has 0 radical (unpaired) electrons. The topological polar surface area (TPSA) is 72.2 Å². The molecule has 0 saturated heterocycles. The third-order valence-electron chi connectivity index (χ3n) is 2.41. The Labute approximate surface area is 116 Å². The number of alkyl halides is 1. The Bertz CT molecular complexity index is 511. The van der Waals surface area contributed by atoms with E-state index in [0.29, 0.717) is 12.1 Å². The Kier molecular flexibility index (Phi) is 5.34. The molecule has 0 fully saturated rings. The normalized spacial score (nSPS) is 12.0. The highest BCUT2D eigenvalue weighted by molar-refractivity contribution is 9.09. The van der Waals surface area contributed by atoms with Gasteiger partial charge in [0.25, 0.3) is 11.6 Å². The smallest absolute Gasteiger partial charge is 0.285 e. The van der Waals surface area contributed by atoms with Gasteiger partial charge in [0.2, 0.25) is 0 Å². The Hall–Kier alpha value is -1.57. The highest BCUT2D eigenvalue weighted by atomic mass is 79.9. The van der Waals surface area contributed by atoms with Crippen LogP contribution in [0.1, 0.15) is 23.7 Å². The second kappa shape index (κ2) is 6.55. The minimum absolute atomic E-state index is 0.000742. The average Bonchev–Trinajstić information content (AvgIpc) is 2.37. The number of carbonyl (C=O) groups is 1. The van der Waals surface area contributed by atoms with Crippen LogP contribution in [0.5, 0.6) is 0 Å². The molecular formula is C11H11BrF2N2O3. The number of nitro groups is 1.